The maximum absolute atomic E-state index is 10.1. The summed E-state index contributed by atoms with van der Waals surface area (Å²) in [6.45, 7) is 2.01. The van der Waals surface area contributed by atoms with E-state index in [-0.39, 0.29) is 6.42 Å². The van der Waals surface area contributed by atoms with Crippen LogP contribution in [0.15, 0.2) is 24.3 Å². The molecule has 0 rings (SSSR count). The quantitative estimate of drug-likeness (QED) is 0.485. The van der Waals surface area contributed by atoms with Crippen LogP contribution in [0.2, 0.25) is 0 Å². The zero-order valence-corrected chi connectivity index (χ0v) is 8.20. The summed E-state index contributed by atoms with van der Waals surface area (Å²) in [6, 6.07) is 0. The topological polar surface area (TPSA) is 37.3 Å². The molecule has 0 radical (unpaired) electrons. The van der Waals surface area contributed by atoms with Gasteiger partial charge in [-0.3, -0.25) is 4.79 Å². The van der Waals surface area contributed by atoms with Crippen molar-refractivity contribution >= 4 is 5.97 Å². The smallest absolute Gasteiger partial charge is 0.303 e. The number of unbranched alkanes of at least 4 members (excludes halogenated alkanes) is 2. The number of aliphatic carboxylic acids is 1. The van der Waals surface area contributed by atoms with Gasteiger partial charge in [-0.1, -0.05) is 24.3 Å². The van der Waals surface area contributed by atoms with E-state index in [2.05, 4.69) is 18.2 Å². The molecule has 0 heterocycles. The van der Waals surface area contributed by atoms with Gasteiger partial charge < -0.3 is 5.11 Å². The summed E-state index contributed by atoms with van der Waals surface area (Å²) in [5, 5.41) is 8.35. The Morgan fingerprint density at radius 3 is 2.38 bits per heavy atom. The molecule has 0 aromatic heterocycles. The van der Waals surface area contributed by atoms with E-state index >= 15 is 0 Å². The molecule has 0 amide bonds. The standard InChI is InChI=1S/C11H18O2/c1-2-3-4-5-6-7-8-9-10-11(12)13/h2-3,6-7H,4-5,8-10H2,1H3,(H,12,13)/b3-2+,7-6+. The number of carboxylic acid groups (broad SMARTS) is 1. The van der Waals surface area contributed by atoms with Crippen LogP contribution in [-0.4, -0.2) is 11.1 Å². The third kappa shape index (κ3) is 10.9. The average Bonchev–Trinajstić information content (AvgIpc) is 2.09. The SMILES string of the molecule is C/C=C/CC/C=C/CCCC(=O)O. The zero-order chi connectivity index (χ0) is 9.94. The van der Waals surface area contributed by atoms with E-state index in [0.29, 0.717) is 0 Å². The first-order chi connectivity index (χ1) is 6.27. The molecule has 0 unspecified atom stereocenters. The van der Waals surface area contributed by atoms with Crippen LogP contribution in [0, 0.1) is 0 Å². The third-order valence-corrected chi connectivity index (χ3v) is 1.66. The molecule has 0 aliphatic rings. The van der Waals surface area contributed by atoms with Crippen molar-refractivity contribution in [3.8, 4) is 0 Å². The van der Waals surface area contributed by atoms with Crippen LogP contribution < -0.4 is 0 Å². The van der Waals surface area contributed by atoms with Gasteiger partial charge in [0.15, 0.2) is 0 Å². The zero-order valence-electron chi connectivity index (χ0n) is 8.20. The lowest BCUT2D eigenvalue weighted by molar-refractivity contribution is -0.137. The van der Waals surface area contributed by atoms with E-state index in [1.807, 2.05) is 13.0 Å². The fraction of sp³-hybridized carbons (Fsp3) is 0.545. The normalized spacial score (nSPS) is 11.5. The lowest BCUT2D eigenvalue weighted by Crippen LogP contribution is -1.92. The van der Waals surface area contributed by atoms with Gasteiger partial charge in [0, 0.05) is 6.42 Å². The summed E-state index contributed by atoms with van der Waals surface area (Å²) >= 11 is 0. The highest BCUT2D eigenvalue weighted by molar-refractivity contribution is 5.66. The second-order valence-corrected chi connectivity index (χ2v) is 2.90. The number of rotatable bonds is 7. The molecule has 0 saturated heterocycles. The molecule has 13 heavy (non-hydrogen) atoms. The predicted octanol–water partition coefficient (Wildman–Crippen LogP) is 3.15. The molecule has 0 bridgehead atoms. The molecule has 0 spiro atoms. The van der Waals surface area contributed by atoms with Crippen molar-refractivity contribution in [2.24, 2.45) is 0 Å². The highest BCUT2D eigenvalue weighted by Crippen LogP contribution is 1.99. The summed E-state index contributed by atoms with van der Waals surface area (Å²) < 4.78 is 0. The van der Waals surface area contributed by atoms with Gasteiger partial charge in [-0.2, -0.15) is 0 Å². The van der Waals surface area contributed by atoms with Crippen LogP contribution in [0.3, 0.4) is 0 Å². The average molecular weight is 182 g/mol. The monoisotopic (exact) mass is 182 g/mol. The van der Waals surface area contributed by atoms with Crippen LogP contribution in [0.4, 0.5) is 0 Å². The molecular weight excluding hydrogens is 164 g/mol. The minimum absolute atomic E-state index is 0.277. The lowest BCUT2D eigenvalue weighted by atomic mass is 10.2. The van der Waals surface area contributed by atoms with Gasteiger partial charge in [-0.25, -0.2) is 0 Å². The van der Waals surface area contributed by atoms with Gasteiger partial charge in [0.05, 0.1) is 0 Å². The van der Waals surface area contributed by atoms with Gasteiger partial charge in [0.2, 0.25) is 0 Å². The Kier molecular flexibility index (Phi) is 8.31. The highest BCUT2D eigenvalue weighted by atomic mass is 16.4. The van der Waals surface area contributed by atoms with Crippen molar-refractivity contribution in [3.05, 3.63) is 24.3 Å². The Morgan fingerprint density at radius 1 is 1.15 bits per heavy atom. The van der Waals surface area contributed by atoms with E-state index in [0.717, 1.165) is 25.7 Å². The van der Waals surface area contributed by atoms with Crippen LogP contribution in [-0.2, 0) is 4.79 Å². The molecule has 0 aromatic carbocycles. The summed E-state index contributed by atoms with van der Waals surface area (Å²) in [6.07, 6.45) is 12.4. The van der Waals surface area contributed by atoms with Gasteiger partial charge >= 0.3 is 5.97 Å². The minimum Gasteiger partial charge on any atom is -0.481 e. The molecule has 0 aliphatic heterocycles. The summed E-state index contributed by atoms with van der Waals surface area (Å²) in [5.74, 6) is -0.706. The molecule has 2 heteroatoms. The Bertz CT molecular complexity index is 181. The van der Waals surface area contributed by atoms with Gasteiger partial charge in [0.1, 0.15) is 0 Å². The first-order valence-corrected chi connectivity index (χ1v) is 4.75. The van der Waals surface area contributed by atoms with Crippen LogP contribution >= 0.6 is 0 Å². The Morgan fingerprint density at radius 2 is 1.77 bits per heavy atom. The predicted molar refractivity (Wildman–Crippen MR) is 54.7 cm³/mol. The van der Waals surface area contributed by atoms with E-state index in [1.54, 1.807) is 0 Å². The van der Waals surface area contributed by atoms with Crippen molar-refractivity contribution < 1.29 is 9.90 Å². The number of allylic oxidation sites excluding steroid dienone is 4. The van der Waals surface area contributed by atoms with E-state index in [1.165, 1.54) is 0 Å². The van der Waals surface area contributed by atoms with E-state index in [9.17, 15) is 4.79 Å². The molecule has 0 saturated carbocycles. The van der Waals surface area contributed by atoms with Gasteiger partial charge in [-0.05, 0) is 32.6 Å². The van der Waals surface area contributed by atoms with E-state index < -0.39 is 5.97 Å². The molecule has 0 atom stereocenters. The second kappa shape index (κ2) is 9.04. The highest BCUT2D eigenvalue weighted by Gasteiger charge is 1.92. The maximum Gasteiger partial charge on any atom is 0.303 e. The molecule has 74 valence electrons. The van der Waals surface area contributed by atoms with Gasteiger partial charge in [-0.15, -0.1) is 0 Å². The van der Waals surface area contributed by atoms with Crippen LogP contribution in [0.25, 0.3) is 0 Å². The summed E-state index contributed by atoms with van der Waals surface area (Å²) in [5.41, 5.74) is 0. The van der Waals surface area contributed by atoms with Crippen molar-refractivity contribution in [2.75, 3.05) is 0 Å². The lowest BCUT2D eigenvalue weighted by Gasteiger charge is -1.90. The number of carbonyl (C=O) groups is 1. The van der Waals surface area contributed by atoms with Crippen LogP contribution in [0.5, 0.6) is 0 Å². The fourth-order valence-electron chi connectivity index (χ4n) is 0.966. The molecule has 1 N–H and O–H groups in total. The van der Waals surface area contributed by atoms with Gasteiger partial charge in [0.25, 0.3) is 0 Å². The first-order valence-electron chi connectivity index (χ1n) is 4.75. The maximum atomic E-state index is 10.1. The number of hydrogen-bond acceptors (Lipinski definition) is 1. The molecule has 0 aromatic rings. The van der Waals surface area contributed by atoms with Crippen molar-refractivity contribution in [1.82, 2.24) is 0 Å². The number of carboxylic acids is 1. The molecule has 2 nitrogen and oxygen atoms in total. The first kappa shape index (κ1) is 11.9. The molecule has 0 aliphatic carbocycles. The Balaban J connectivity index is 3.17. The van der Waals surface area contributed by atoms with E-state index in [4.69, 9.17) is 5.11 Å². The Labute approximate surface area is 80.0 Å². The fourth-order valence-corrected chi connectivity index (χ4v) is 0.966. The van der Waals surface area contributed by atoms with Crippen molar-refractivity contribution in [2.45, 2.75) is 39.0 Å². The van der Waals surface area contributed by atoms with Crippen LogP contribution in [0.1, 0.15) is 39.0 Å². The summed E-state index contributed by atoms with van der Waals surface area (Å²) in [4.78, 5) is 10.1. The Hall–Kier alpha value is -1.05. The third-order valence-electron chi connectivity index (χ3n) is 1.66. The minimum atomic E-state index is -0.706. The van der Waals surface area contributed by atoms with Crippen molar-refractivity contribution in [3.63, 3.8) is 0 Å². The number of hydrogen-bond donors (Lipinski definition) is 1. The largest absolute Gasteiger partial charge is 0.481 e. The molecular formula is C11H18O2. The van der Waals surface area contributed by atoms with Crippen molar-refractivity contribution in [1.29, 1.82) is 0 Å². The second-order valence-electron chi connectivity index (χ2n) is 2.90. The summed E-state index contributed by atoms with van der Waals surface area (Å²) in [7, 11) is 0. The molecule has 0 fully saturated rings.